The van der Waals surface area contributed by atoms with Gasteiger partial charge in [0.25, 0.3) is 0 Å². The van der Waals surface area contributed by atoms with Gasteiger partial charge in [0.05, 0.1) is 0 Å². The molecular formula is C24H30N10O. The number of benzene rings is 2. The minimum atomic E-state index is 0.171. The molecule has 0 saturated carbocycles. The Balaban J connectivity index is 0.00000167. The van der Waals surface area contributed by atoms with Gasteiger partial charge in [-0.15, -0.1) is 0 Å². The molecule has 2 aromatic heterocycles. The van der Waals surface area contributed by atoms with Crippen LogP contribution in [0.4, 0.5) is 23.8 Å². The van der Waals surface area contributed by atoms with Gasteiger partial charge in [0, 0.05) is 25.2 Å². The van der Waals surface area contributed by atoms with Gasteiger partial charge in [-0.05, 0) is 0 Å². The topological polar surface area (TPSA) is 135 Å². The molecule has 0 atom stereocenters. The van der Waals surface area contributed by atoms with Crippen molar-refractivity contribution in [2.45, 2.75) is 13.8 Å². The fourth-order valence-corrected chi connectivity index (χ4v) is 2.85. The molecule has 0 aliphatic rings. The van der Waals surface area contributed by atoms with E-state index in [2.05, 4.69) is 51.2 Å². The molecule has 0 fully saturated rings. The number of nitrogens with zero attached hydrogens (tertiary/aromatic N) is 6. The molecule has 0 unspecified atom stereocenters. The summed E-state index contributed by atoms with van der Waals surface area (Å²) in [4.78, 5) is 26.4. The van der Waals surface area contributed by atoms with Crippen molar-refractivity contribution >= 4 is 23.8 Å². The zero-order valence-corrected chi connectivity index (χ0v) is 20.3. The summed E-state index contributed by atoms with van der Waals surface area (Å²) in [7, 11) is 3.51. The molecule has 11 heteroatoms. The van der Waals surface area contributed by atoms with Gasteiger partial charge < -0.3 is 26.0 Å². The second-order valence-corrected chi connectivity index (χ2v) is 6.69. The fourth-order valence-electron chi connectivity index (χ4n) is 2.85. The molecule has 0 bridgehead atoms. The molecule has 0 amide bonds. The predicted molar refractivity (Wildman–Crippen MR) is 139 cm³/mol. The zero-order valence-electron chi connectivity index (χ0n) is 20.3. The fraction of sp³-hybridized carbons (Fsp3) is 0.250. The lowest BCUT2D eigenvalue weighted by atomic mass is 10.2. The van der Waals surface area contributed by atoms with E-state index in [0.29, 0.717) is 35.4 Å². The number of ether oxygens (including phenoxy) is 1. The van der Waals surface area contributed by atoms with Gasteiger partial charge in [-0.2, -0.15) is 29.9 Å². The number of hydrogen-bond acceptors (Lipinski definition) is 11. The van der Waals surface area contributed by atoms with Crippen molar-refractivity contribution < 1.29 is 4.74 Å². The normalized spacial score (nSPS) is 10.1. The van der Waals surface area contributed by atoms with Gasteiger partial charge in [-0.25, -0.2) is 0 Å². The summed E-state index contributed by atoms with van der Waals surface area (Å²) in [5, 5.41) is 12.0. The minimum absolute atomic E-state index is 0.171. The molecule has 35 heavy (non-hydrogen) atoms. The summed E-state index contributed by atoms with van der Waals surface area (Å²) >= 11 is 0. The maximum absolute atomic E-state index is 5.62. The van der Waals surface area contributed by atoms with Crippen LogP contribution in [0.15, 0.2) is 60.7 Å². The monoisotopic (exact) mass is 474 g/mol. The van der Waals surface area contributed by atoms with E-state index in [1.165, 1.54) is 0 Å². The summed E-state index contributed by atoms with van der Waals surface area (Å²) in [6.45, 7) is 4.34. The smallest absolute Gasteiger partial charge is 0.229 e. The number of aromatic nitrogens is 6. The summed E-state index contributed by atoms with van der Waals surface area (Å²) in [5.74, 6) is 2.85. The highest BCUT2D eigenvalue weighted by Crippen LogP contribution is 2.18. The number of anilines is 4. The van der Waals surface area contributed by atoms with E-state index in [1.807, 2.05) is 74.5 Å². The van der Waals surface area contributed by atoms with E-state index < -0.39 is 0 Å². The van der Waals surface area contributed by atoms with E-state index in [0.717, 1.165) is 11.1 Å². The third kappa shape index (κ3) is 7.30. The second-order valence-electron chi connectivity index (χ2n) is 6.69. The Kier molecular flexibility index (Phi) is 9.63. The highest BCUT2D eigenvalue weighted by molar-refractivity contribution is 5.58. The van der Waals surface area contributed by atoms with Gasteiger partial charge >= 0.3 is 0 Å². The van der Waals surface area contributed by atoms with Crippen LogP contribution in [-0.2, 0) is 4.74 Å². The first-order valence-electron chi connectivity index (χ1n) is 11.3. The Labute approximate surface area is 204 Å². The summed E-state index contributed by atoms with van der Waals surface area (Å²) in [6, 6.07) is 19.4. The van der Waals surface area contributed by atoms with Gasteiger partial charge in [0.1, 0.15) is 13.5 Å². The predicted octanol–water partition coefficient (Wildman–Crippen LogP) is 3.96. The molecule has 0 radical (unpaired) electrons. The highest BCUT2D eigenvalue weighted by atomic mass is 16.5. The summed E-state index contributed by atoms with van der Waals surface area (Å²) in [5.41, 5.74) is 1.79. The van der Waals surface area contributed by atoms with Crippen molar-refractivity contribution in [3.05, 3.63) is 60.7 Å². The average molecular weight is 475 g/mol. The molecule has 4 aromatic rings. The van der Waals surface area contributed by atoms with Crippen molar-refractivity contribution in [2.75, 3.05) is 48.8 Å². The highest BCUT2D eigenvalue weighted by Gasteiger charge is 2.09. The Morgan fingerprint density at radius 3 is 1.29 bits per heavy atom. The van der Waals surface area contributed by atoms with Crippen molar-refractivity contribution in [3.8, 4) is 22.8 Å². The minimum Gasteiger partial charge on any atom is -0.357 e. The first-order chi connectivity index (χ1) is 17.2. The first kappa shape index (κ1) is 25.2. The van der Waals surface area contributed by atoms with Gasteiger partial charge in [-0.1, -0.05) is 74.5 Å². The van der Waals surface area contributed by atoms with Crippen LogP contribution >= 0.6 is 0 Å². The summed E-state index contributed by atoms with van der Waals surface area (Å²) < 4.78 is 5.62. The second kappa shape index (κ2) is 13.4. The largest absolute Gasteiger partial charge is 0.357 e. The van der Waals surface area contributed by atoms with Crippen molar-refractivity contribution in [1.82, 2.24) is 29.9 Å². The van der Waals surface area contributed by atoms with E-state index in [1.54, 1.807) is 14.1 Å². The lowest BCUT2D eigenvalue weighted by Gasteiger charge is -2.11. The van der Waals surface area contributed by atoms with Crippen molar-refractivity contribution in [2.24, 2.45) is 0 Å². The van der Waals surface area contributed by atoms with E-state index in [9.17, 15) is 0 Å². The lowest BCUT2D eigenvalue weighted by Crippen LogP contribution is -2.16. The van der Waals surface area contributed by atoms with Crippen LogP contribution in [0.1, 0.15) is 13.8 Å². The first-order valence-corrected chi connectivity index (χ1v) is 11.3. The molecule has 4 rings (SSSR count). The molecule has 11 nitrogen and oxygen atoms in total. The Morgan fingerprint density at radius 2 is 0.914 bits per heavy atom. The lowest BCUT2D eigenvalue weighted by molar-refractivity contribution is 0.170. The van der Waals surface area contributed by atoms with Crippen LogP contribution in [-0.4, -0.2) is 57.5 Å². The quantitative estimate of drug-likeness (QED) is 0.196. The van der Waals surface area contributed by atoms with Gasteiger partial charge in [-0.3, -0.25) is 0 Å². The van der Waals surface area contributed by atoms with Crippen LogP contribution in [0.25, 0.3) is 22.8 Å². The molecule has 0 spiro atoms. The Morgan fingerprint density at radius 1 is 0.543 bits per heavy atom. The van der Waals surface area contributed by atoms with Crippen LogP contribution in [0, 0.1) is 0 Å². The molecule has 182 valence electrons. The molecule has 0 saturated heterocycles. The van der Waals surface area contributed by atoms with E-state index in [4.69, 9.17) is 4.74 Å². The number of hydrogen-bond donors (Lipinski definition) is 4. The van der Waals surface area contributed by atoms with Crippen molar-refractivity contribution in [1.29, 1.82) is 0 Å². The average Bonchev–Trinajstić information content (AvgIpc) is 2.94. The molecule has 4 N–H and O–H groups in total. The molecule has 2 aromatic carbocycles. The standard InChI is InChI=1S/C22H24N10O.C2H6/c1-23-19-27-17(15-9-5-3-6-10-15)29-21(31-19)25-13-33-14-26-22-30-18(28-20(24-2)32-22)16-11-7-4-8-12-16;1-2/h3-12H,13-14H2,1-2H3,(H2,23,25,27,29,31)(H2,24,26,28,30,32);1-2H3. The molecule has 2 heterocycles. The van der Waals surface area contributed by atoms with Crippen LogP contribution in [0.5, 0.6) is 0 Å². The third-order valence-corrected chi connectivity index (χ3v) is 4.45. The SMILES string of the molecule is CC.CNc1nc(NCOCNc2nc(NC)nc(-c3ccccc3)n2)nc(-c2ccccc2)n1. The molecule has 0 aliphatic heterocycles. The van der Waals surface area contributed by atoms with Crippen molar-refractivity contribution in [3.63, 3.8) is 0 Å². The van der Waals surface area contributed by atoms with Crippen LogP contribution < -0.4 is 21.3 Å². The van der Waals surface area contributed by atoms with Gasteiger partial charge in [0.2, 0.25) is 23.8 Å². The third-order valence-electron chi connectivity index (χ3n) is 4.45. The maximum atomic E-state index is 5.62. The van der Waals surface area contributed by atoms with E-state index in [-0.39, 0.29) is 13.5 Å². The van der Waals surface area contributed by atoms with Crippen LogP contribution in [0.2, 0.25) is 0 Å². The van der Waals surface area contributed by atoms with E-state index >= 15 is 0 Å². The zero-order chi connectivity index (χ0) is 24.9. The molecular weight excluding hydrogens is 444 g/mol. The Hall–Kier alpha value is -4.38. The number of rotatable bonds is 10. The number of nitrogens with one attached hydrogen (secondary N) is 4. The summed E-state index contributed by atoms with van der Waals surface area (Å²) in [6.07, 6.45) is 0. The molecule has 0 aliphatic carbocycles. The van der Waals surface area contributed by atoms with Gasteiger partial charge in [0.15, 0.2) is 11.6 Å². The Bertz CT molecular complexity index is 1080. The maximum Gasteiger partial charge on any atom is 0.229 e. The van der Waals surface area contributed by atoms with Crippen LogP contribution in [0.3, 0.4) is 0 Å².